The van der Waals surface area contributed by atoms with Gasteiger partial charge >= 0.3 is 0 Å². The van der Waals surface area contributed by atoms with E-state index in [1.165, 1.54) is 0 Å². The van der Waals surface area contributed by atoms with Gasteiger partial charge in [-0.05, 0) is 19.4 Å². The number of rotatable bonds is 2. The van der Waals surface area contributed by atoms with E-state index in [9.17, 15) is 4.79 Å². The van der Waals surface area contributed by atoms with Crippen molar-refractivity contribution >= 4 is 5.91 Å². The third-order valence-corrected chi connectivity index (χ3v) is 2.29. The van der Waals surface area contributed by atoms with Crippen molar-refractivity contribution < 1.29 is 9.53 Å². The van der Waals surface area contributed by atoms with E-state index in [1.807, 2.05) is 26.8 Å². The highest BCUT2D eigenvalue weighted by Gasteiger charge is 2.35. The fourth-order valence-corrected chi connectivity index (χ4v) is 1.42. The Hall–Kier alpha value is -0.990. The first-order chi connectivity index (χ1) is 5.99. The van der Waals surface area contributed by atoms with Crippen molar-refractivity contribution in [2.24, 2.45) is 5.41 Å². The molecule has 1 rings (SSSR count). The molecule has 0 aromatic carbocycles. The summed E-state index contributed by atoms with van der Waals surface area (Å²) in [4.78, 5) is 13.3. The molecule has 0 fully saturated rings. The minimum atomic E-state index is -0.282. The maximum Gasteiger partial charge on any atom is 0.234 e. The first-order valence-corrected chi connectivity index (χ1v) is 4.60. The molecule has 3 heteroatoms. The third-order valence-electron chi connectivity index (χ3n) is 2.29. The fourth-order valence-electron chi connectivity index (χ4n) is 1.42. The van der Waals surface area contributed by atoms with Gasteiger partial charge < -0.3 is 4.74 Å². The molecule has 1 amide bonds. The van der Waals surface area contributed by atoms with Crippen LogP contribution in [0.4, 0.5) is 0 Å². The molecule has 3 nitrogen and oxygen atoms in total. The average molecular weight is 183 g/mol. The van der Waals surface area contributed by atoms with Gasteiger partial charge in [-0.1, -0.05) is 13.8 Å². The predicted octanol–water partition coefficient (Wildman–Crippen LogP) is 1.75. The quantitative estimate of drug-likeness (QED) is 0.652. The maximum atomic E-state index is 11.7. The molecule has 0 aromatic rings. The highest BCUT2D eigenvalue weighted by atomic mass is 16.5. The molecule has 1 aliphatic rings. The number of ether oxygens (including phenoxy) is 1. The van der Waals surface area contributed by atoms with Gasteiger partial charge in [0.25, 0.3) is 0 Å². The first-order valence-electron chi connectivity index (χ1n) is 4.60. The highest BCUT2D eigenvalue weighted by molar-refractivity contribution is 5.84. The number of hydrogen-bond acceptors (Lipinski definition) is 2. The van der Waals surface area contributed by atoms with Crippen molar-refractivity contribution in [1.29, 1.82) is 0 Å². The van der Waals surface area contributed by atoms with Crippen LogP contribution in [0.3, 0.4) is 0 Å². The number of hydrogen-bond donors (Lipinski definition) is 0. The second kappa shape index (κ2) is 3.40. The Balaban J connectivity index is 2.83. The van der Waals surface area contributed by atoms with E-state index < -0.39 is 0 Å². The van der Waals surface area contributed by atoms with Crippen LogP contribution in [0.1, 0.15) is 27.2 Å². The van der Waals surface area contributed by atoms with Crippen LogP contribution in [-0.4, -0.2) is 24.5 Å². The average Bonchev–Trinajstić information content (AvgIpc) is 2.07. The zero-order valence-electron chi connectivity index (χ0n) is 8.76. The summed E-state index contributed by atoms with van der Waals surface area (Å²) in [5.74, 6) is 0.810. The molecule has 0 saturated heterocycles. The van der Waals surface area contributed by atoms with Crippen LogP contribution in [0.15, 0.2) is 12.0 Å². The topological polar surface area (TPSA) is 29.5 Å². The monoisotopic (exact) mass is 183 g/mol. The Bertz CT molecular complexity index is 243. The molecule has 0 aromatic heterocycles. The molecular formula is C10H17NO2. The van der Waals surface area contributed by atoms with Crippen molar-refractivity contribution in [2.45, 2.75) is 27.2 Å². The van der Waals surface area contributed by atoms with Crippen LogP contribution in [0.2, 0.25) is 0 Å². The molecular weight excluding hydrogens is 166 g/mol. The molecule has 0 unspecified atom stereocenters. The smallest absolute Gasteiger partial charge is 0.234 e. The maximum absolute atomic E-state index is 11.7. The molecule has 1 heterocycles. The lowest BCUT2D eigenvalue weighted by Gasteiger charge is -2.33. The van der Waals surface area contributed by atoms with Gasteiger partial charge in [0.2, 0.25) is 5.91 Å². The second-order valence-electron chi connectivity index (χ2n) is 3.93. The zero-order chi connectivity index (χ0) is 10.1. The number of carbonyl (C=O) groups excluding carboxylic acids is 1. The summed E-state index contributed by atoms with van der Waals surface area (Å²) < 4.78 is 5.32. The predicted molar refractivity (Wildman–Crippen MR) is 50.9 cm³/mol. The fraction of sp³-hybridized carbons (Fsp3) is 0.700. The highest BCUT2D eigenvalue weighted by Crippen LogP contribution is 2.30. The largest absolute Gasteiger partial charge is 0.479 e. The minimum absolute atomic E-state index is 0.124. The summed E-state index contributed by atoms with van der Waals surface area (Å²) in [6, 6.07) is 0. The molecule has 0 saturated carbocycles. The van der Waals surface area contributed by atoms with Crippen LogP contribution in [0.5, 0.6) is 0 Å². The summed E-state index contributed by atoms with van der Waals surface area (Å²) in [6.45, 7) is 6.42. The Morgan fingerprint density at radius 2 is 2.23 bits per heavy atom. The van der Waals surface area contributed by atoms with Gasteiger partial charge in [0.1, 0.15) is 0 Å². The number of amides is 1. The van der Waals surface area contributed by atoms with Gasteiger partial charge in [0, 0.05) is 12.5 Å². The molecule has 0 atom stereocenters. The lowest BCUT2D eigenvalue weighted by molar-refractivity contribution is -0.140. The van der Waals surface area contributed by atoms with Crippen LogP contribution in [0.25, 0.3) is 0 Å². The zero-order valence-corrected chi connectivity index (χ0v) is 8.76. The van der Waals surface area contributed by atoms with Crippen molar-refractivity contribution in [3.8, 4) is 0 Å². The molecule has 0 radical (unpaired) electrons. The van der Waals surface area contributed by atoms with Crippen molar-refractivity contribution in [3.63, 3.8) is 0 Å². The molecule has 13 heavy (non-hydrogen) atoms. The SMILES string of the molecule is CCOC1=CCC(C)(C)C(=O)N1C. The van der Waals surface area contributed by atoms with Crippen molar-refractivity contribution in [3.05, 3.63) is 12.0 Å². The number of nitrogens with zero attached hydrogens (tertiary/aromatic N) is 1. The van der Waals surface area contributed by atoms with Crippen LogP contribution < -0.4 is 0 Å². The Morgan fingerprint density at radius 3 is 2.77 bits per heavy atom. The number of allylic oxidation sites excluding steroid dienone is 1. The minimum Gasteiger partial charge on any atom is -0.479 e. The van der Waals surface area contributed by atoms with Gasteiger partial charge in [-0.25, -0.2) is 0 Å². The standard InChI is InChI=1S/C10H17NO2/c1-5-13-8-6-7-10(2,3)9(12)11(8)4/h6H,5,7H2,1-4H3. The van der Waals surface area contributed by atoms with E-state index in [-0.39, 0.29) is 11.3 Å². The van der Waals surface area contributed by atoms with Crippen LogP contribution in [0, 0.1) is 5.41 Å². The lowest BCUT2D eigenvalue weighted by Crippen LogP contribution is -2.41. The Morgan fingerprint density at radius 1 is 1.62 bits per heavy atom. The summed E-state index contributed by atoms with van der Waals surface area (Å²) in [6.07, 6.45) is 2.73. The third kappa shape index (κ3) is 1.85. The Kier molecular flexibility index (Phi) is 2.64. The molecule has 0 bridgehead atoms. The van der Waals surface area contributed by atoms with Crippen LogP contribution in [-0.2, 0) is 9.53 Å². The van der Waals surface area contributed by atoms with E-state index in [0.717, 1.165) is 6.42 Å². The van der Waals surface area contributed by atoms with Gasteiger partial charge in [-0.15, -0.1) is 0 Å². The van der Waals surface area contributed by atoms with Gasteiger partial charge in [-0.2, -0.15) is 0 Å². The van der Waals surface area contributed by atoms with Gasteiger partial charge in [0.05, 0.1) is 6.61 Å². The summed E-state index contributed by atoms with van der Waals surface area (Å²) >= 11 is 0. The Labute approximate surface area is 79.4 Å². The van der Waals surface area contributed by atoms with E-state index in [1.54, 1.807) is 11.9 Å². The van der Waals surface area contributed by atoms with Gasteiger partial charge in [-0.3, -0.25) is 9.69 Å². The second-order valence-corrected chi connectivity index (χ2v) is 3.93. The molecule has 0 aliphatic carbocycles. The number of carbonyl (C=O) groups is 1. The lowest BCUT2D eigenvalue weighted by atomic mass is 9.86. The first kappa shape index (κ1) is 10.1. The van der Waals surface area contributed by atoms with Crippen molar-refractivity contribution in [2.75, 3.05) is 13.7 Å². The molecule has 74 valence electrons. The van der Waals surface area contributed by atoms with E-state index >= 15 is 0 Å². The van der Waals surface area contributed by atoms with Crippen LogP contribution >= 0.6 is 0 Å². The van der Waals surface area contributed by atoms with E-state index in [2.05, 4.69) is 0 Å². The summed E-state index contributed by atoms with van der Waals surface area (Å²) in [5, 5.41) is 0. The normalized spacial score (nSPS) is 21.4. The summed E-state index contributed by atoms with van der Waals surface area (Å²) in [5.41, 5.74) is -0.282. The van der Waals surface area contributed by atoms with Gasteiger partial charge in [0.15, 0.2) is 5.88 Å². The van der Waals surface area contributed by atoms with E-state index in [4.69, 9.17) is 4.74 Å². The summed E-state index contributed by atoms with van der Waals surface area (Å²) in [7, 11) is 1.75. The molecule has 1 aliphatic heterocycles. The molecule has 0 N–H and O–H groups in total. The van der Waals surface area contributed by atoms with E-state index in [0.29, 0.717) is 12.5 Å². The van der Waals surface area contributed by atoms with Crippen molar-refractivity contribution in [1.82, 2.24) is 4.90 Å². The molecule has 0 spiro atoms.